The Balaban J connectivity index is 4.52. The number of carbonyl (C=O) groups is 2. The number of alkyl carbamates (subject to hydrolysis) is 1. The molecule has 0 rings (SSSR count). The SMILES string of the molecule is CCCNC(=O)CCNC(=NCC(C)(C)NC(=O)OC(C)(C)C)NCC. The lowest BCUT2D eigenvalue weighted by molar-refractivity contribution is -0.120. The van der Waals surface area contributed by atoms with E-state index in [1.54, 1.807) is 0 Å². The monoisotopic (exact) mass is 371 g/mol. The summed E-state index contributed by atoms with van der Waals surface area (Å²) in [5.41, 5.74) is -1.11. The van der Waals surface area contributed by atoms with Crippen LogP contribution in [-0.2, 0) is 9.53 Å². The average Bonchev–Trinajstić information content (AvgIpc) is 2.48. The number of guanidine groups is 1. The number of carbonyl (C=O) groups excluding carboxylic acids is 2. The highest BCUT2D eigenvalue weighted by atomic mass is 16.6. The van der Waals surface area contributed by atoms with Crippen LogP contribution in [0.2, 0.25) is 0 Å². The highest BCUT2D eigenvalue weighted by Gasteiger charge is 2.24. The smallest absolute Gasteiger partial charge is 0.408 e. The molecular weight excluding hydrogens is 334 g/mol. The Morgan fingerprint density at radius 1 is 0.962 bits per heavy atom. The molecule has 0 atom stereocenters. The van der Waals surface area contributed by atoms with E-state index in [4.69, 9.17) is 4.74 Å². The predicted octanol–water partition coefficient (Wildman–Crippen LogP) is 1.76. The normalized spacial score (nSPS) is 12.3. The Morgan fingerprint density at radius 3 is 2.15 bits per heavy atom. The molecule has 152 valence electrons. The predicted molar refractivity (Wildman–Crippen MR) is 105 cm³/mol. The third-order valence-corrected chi connectivity index (χ3v) is 3.03. The van der Waals surface area contributed by atoms with Crippen molar-refractivity contribution in [1.82, 2.24) is 21.3 Å². The maximum absolute atomic E-state index is 11.9. The second-order valence-electron chi connectivity index (χ2n) is 7.73. The minimum Gasteiger partial charge on any atom is -0.444 e. The van der Waals surface area contributed by atoms with Gasteiger partial charge in [0.05, 0.1) is 12.1 Å². The molecule has 0 bridgehead atoms. The summed E-state index contributed by atoms with van der Waals surface area (Å²) in [5.74, 6) is 0.622. The maximum atomic E-state index is 11.9. The minimum atomic E-state index is -0.566. The van der Waals surface area contributed by atoms with Gasteiger partial charge in [0.15, 0.2) is 5.96 Å². The van der Waals surface area contributed by atoms with E-state index >= 15 is 0 Å². The zero-order valence-corrected chi connectivity index (χ0v) is 17.4. The van der Waals surface area contributed by atoms with E-state index in [2.05, 4.69) is 26.3 Å². The average molecular weight is 372 g/mol. The Kier molecular flexibility index (Phi) is 10.7. The fraction of sp³-hybridized carbons (Fsp3) is 0.833. The van der Waals surface area contributed by atoms with E-state index in [-0.39, 0.29) is 5.91 Å². The van der Waals surface area contributed by atoms with Crippen molar-refractivity contribution in [2.24, 2.45) is 4.99 Å². The van der Waals surface area contributed by atoms with Crippen LogP contribution in [0.15, 0.2) is 4.99 Å². The number of ether oxygens (including phenoxy) is 1. The molecule has 0 aliphatic rings. The van der Waals surface area contributed by atoms with Crippen molar-refractivity contribution in [3.05, 3.63) is 0 Å². The zero-order valence-electron chi connectivity index (χ0n) is 17.4. The van der Waals surface area contributed by atoms with Crippen molar-refractivity contribution < 1.29 is 14.3 Å². The molecule has 8 nitrogen and oxygen atoms in total. The van der Waals surface area contributed by atoms with Crippen LogP contribution in [0.25, 0.3) is 0 Å². The van der Waals surface area contributed by atoms with Gasteiger partial charge in [-0.25, -0.2) is 4.79 Å². The summed E-state index contributed by atoms with van der Waals surface area (Å²) in [6.45, 7) is 15.4. The first-order valence-corrected chi connectivity index (χ1v) is 9.29. The van der Waals surface area contributed by atoms with Gasteiger partial charge in [0.1, 0.15) is 5.60 Å². The highest BCUT2D eigenvalue weighted by Crippen LogP contribution is 2.09. The van der Waals surface area contributed by atoms with Crippen molar-refractivity contribution in [2.45, 2.75) is 72.4 Å². The van der Waals surface area contributed by atoms with Crippen molar-refractivity contribution >= 4 is 18.0 Å². The van der Waals surface area contributed by atoms with E-state index < -0.39 is 17.2 Å². The van der Waals surface area contributed by atoms with Crippen LogP contribution >= 0.6 is 0 Å². The molecule has 0 spiro atoms. The molecule has 8 heteroatoms. The molecule has 0 heterocycles. The quantitative estimate of drug-likeness (QED) is 0.365. The van der Waals surface area contributed by atoms with Crippen LogP contribution in [0.5, 0.6) is 0 Å². The number of aliphatic imine (C=N–C) groups is 1. The van der Waals surface area contributed by atoms with E-state index in [1.165, 1.54) is 0 Å². The van der Waals surface area contributed by atoms with Crippen LogP contribution in [0.1, 0.15) is 61.3 Å². The van der Waals surface area contributed by atoms with E-state index in [9.17, 15) is 9.59 Å². The first-order chi connectivity index (χ1) is 12.0. The number of nitrogens with one attached hydrogen (secondary N) is 4. The molecule has 0 unspecified atom stereocenters. The maximum Gasteiger partial charge on any atom is 0.408 e. The molecule has 0 aromatic carbocycles. The zero-order chi connectivity index (χ0) is 20.2. The summed E-state index contributed by atoms with van der Waals surface area (Å²) in [6.07, 6.45) is 0.829. The van der Waals surface area contributed by atoms with Gasteiger partial charge in [-0.1, -0.05) is 6.92 Å². The lowest BCUT2D eigenvalue weighted by Gasteiger charge is -2.27. The lowest BCUT2D eigenvalue weighted by atomic mass is 10.1. The summed E-state index contributed by atoms with van der Waals surface area (Å²) in [4.78, 5) is 28.0. The fourth-order valence-electron chi connectivity index (χ4n) is 1.89. The van der Waals surface area contributed by atoms with Gasteiger partial charge in [-0.2, -0.15) is 0 Å². The number of hydrogen-bond acceptors (Lipinski definition) is 4. The summed E-state index contributed by atoms with van der Waals surface area (Å²) in [7, 11) is 0. The molecule has 0 aliphatic carbocycles. The molecule has 0 aromatic heterocycles. The van der Waals surface area contributed by atoms with Gasteiger partial charge in [0.2, 0.25) is 5.91 Å². The lowest BCUT2D eigenvalue weighted by Crippen LogP contribution is -2.49. The molecule has 0 aliphatic heterocycles. The van der Waals surface area contributed by atoms with Gasteiger partial charge in [-0.3, -0.25) is 9.79 Å². The van der Waals surface area contributed by atoms with E-state index in [0.717, 1.165) is 6.42 Å². The van der Waals surface area contributed by atoms with Gasteiger partial charge >= 0.3 is 6.09 Å². The highest BCUT2D eigenvalue weighted by molar-refractivity contribution is 5.81. The second-order valence-corrected chi connectivity index (χ2v) is 7.73. The minimum absolute atomic E-state index is 0.0159. The van der Waals surface area contributed by atoms with Crippen molar-refractivity contribution in [3.8, 4) is 0 Å². The van der Waals surface area contributed by atoms with Crippen molar-refractivity contribution in [2.75, 3.05) is 26.2 Å². The Morgan fingerprint density at radius 2 is 1.62 bits per heavy atom. The third-order valence-electron chi connectivity index (χ3n) is 3.03. The van der Waals surface area contributed by atoms with Crippen LogP contribution in [0.4, 0.5) is 4.79 Å². The summed E-state index contributed by atoms with van der Waals surface area (Å²) >= 11 is 0. The summed E-state index contributed by atoms with van der Waals surface area (Å²) in [6, 6.07) is 0. The Hall–Kier alpha value is -1.99. The Bertz CT molecular complexity index is 470. The van der Waals surface area contributed by atoms with Gasteiger partial charge in [-0.05, 0) is 48.0 Å². The van der Waals surface area contributed by atoms with Gasteiger partial charge in [0, 0.05) is 26.1 Å². The van der Waals surface area contributed by atoms with Crippen molar-refractivity contribution in [1.29, 1.82) is 0 Å². The fourth-order valence-corrected chi connectivity index (χ4v) is 1.89. The first kappa shape index (κ1) is 24.0. The molecule has 0 fully saturated rings. The second kappa shape index (κ2) is 11.6. The first-order valence-electron chi connectivity index (χ1n) is 9.29. The molecule has 4 N–H and O–H groups in total. The van der Waals surface area contributed by atoms with Gasteiger partial charge in [0.25, 0.3) is 0 Å². The molecule has 0 aromatic rings. The molecular formula is C18H37N5O3. The van der Waals surface area contributed by atoms with Crippen LogP contribution in [-0.4, -0.2) is 55.3 Å². The number of nitrogens with zero attached hydrogens (tertiary/aromatic N) is 1. The van der Waals surface area contributed by atoms with Crippen molar-refractivity contribution in [3.63, 3.8) is 0 Å². The van der Waals surface area contributed by atoms with Gasteiger partial charge in [-0.15, -0.1) is 0 Å². The number of hydrogen-bond donors (Lipinski definition) is 4. The van der Waals surface area contributed by atoms with Crippen LogP contribution in [0, 0.1) is 0 Å². The van der Waals surface area contributed by atoms with Crippen LogP contribution in [0.3, 0.4) is 0 Å². The van der Waals surface area contributed by atoms with Crippen LogP contribution < -0.4 is 21.3 Å². The number of rotatable bonds is 9. The summed E-state index contributed by atoms with van der Waals surface area (Å²) < 4.78 is 5.28. The van der Waals surface area contributed by atoms with E-state index in [1.807, 2.05) is 48.5 Å². The molecule has 26 heavy (non-hydrogen) atoms. The molecule has 2 amide bonds. The van der Waals surface area contributed by atoms with E-state index in [0.29, 0.717) is 38.6 Å². The molecule has 0 radical (unpaired) electrons. The largest absolute Gasteiger partial charge is 0.444 e. The topological polar surface area (TPSA) is 104 Å². The third kappa shape index (κ3) is 13.3. The number of amides is 2. The standard InChI is InChI=1S/C18H37N5O3/c1-8-11-20-14(24)10-12-21-15(19-9-2)22-13-18(6,7)23-16(25)26-17(3,4)5/h8-13H2,1-7H3,(H,20,24)(H,23,25)(H2,19,21,22). The summed E-state index contributed by atoms with van der Waals surface area (Å²) in [5, 5.41) is 11.9. The Labute approximate surface area is 157 Å². The molecule has 0 saturated heterocycles. The van der Waals surface area contributed by atoms with Gasteiger partial charge < -0.3 is 26.0 Å². The molecule has 0 saturated carbocycles.